The second kappa shape index (κ2) is 5.02. The predicted octanol–water partition coefficient (Wildman–Crippen LogP) is 1.97. The molecule has 0 unspecified atom stereocenters. The first-order chi connectivity index (χ1) is 8.49. The van der Waals surface area contributed by atoms with E-state index in [1.807, 2.05) is 49.7 Å². The number of aromatic nitrogens is 3. The highest BCUT2D eigenvalue weighted by atomic mass is 79.9. The number of ketones is 1. The Hall–Kier alpha value is -1.49. The molecular weight excluding hydrogens is 294 g/mol. The van der Waals surface area contributed by atoms with E-state index >= 15 is 0 Å². The van der Waals surface area contributed by atoms with Crippen LogP contribution in [0.4, 0.5) is 0 Å². The molecular formula is C13H15BrN3O+. The van der Waals surface area contributed by atoms with Gasteiger partial charge in [-0.05, 0) is 12.1 Å². The molecule has 0 aliphatic heterocycles. The fraction of sp³-hybridized carbons (Fsp3) is 0.308. The van der Waals surface area contributed by atoms with Crippen LogP contribution in [-0.2, 0) is 13.6 Å². The van der Waals surface area contributed by atoms with Crippen LogP contribution >= 0.6 is 15.9 Å². The lowest BCUT2D eigenvalue weighted by molar-refractivity contribution is -0.695. The van der Waals surface area contributed by atoms with Gasteiger partial charge in [-0.25, -0.2) is 4.57 Å². The van der Waals surface area contributed by atoms with Crippen molar-refractivity contribution in [3.63, 3.8) is 0 Å². The predicted molar refractivity (Wildman–Crippen MR) is 71.3 cm³/mol. The van der Waals surface area contributed by atoms with Gasteiger partial charge in [-0.15, -0.1) is 4.68 Å². The van der Waals surface area contributed by atoms with Crippen molar-refractivity contribution in [2.45, 2.75) is 20.4 Å². The van der Waals surface area contributed by atoms with Crippen LogP contribution in [0.3, 0.4) is 0 Å². The minimum absolute atomic E-state index is 0.0895. The number of carbonyl (C=O) groups excluding carboxylic acids is 1. The number of aryl methyl sites for hydroxylation is 2. The number of benzene rings is 1. The molecule has 0 saturated heterocycles. The van der Waals surface area contributed by atoms with Crippen molar-refractivity contribution in [1.82, 2.24) is 9.78 Å². The molecule has 0 aliphatic carbocycles. The molecule has 18 heavy (non-hydrogen) atoms. The smallest absolute Gasteiger partial charge is 0.274 e. The van der Waals surface area contributed by atoms with E-state index in [0.29, 0.717) is 12.1 Å². The Bertz CT molecular complexity index is 587. The molecule has 0 fully saturated rings. The molecule has 0 amide bonds. The zero-order valence-electron chi connectivity index (χ0n) is 10.6. The Morgan fingerprint density at radius 3 is 2.44 bits per heavy atom. The highest BCUT2D eigenvalue weighted by Crippen LogP contribution is 2.11. The minimum Gasteiger partial charge on any atom is -0.291 e. The van der Waals surface area contributed by atoms with Gasteiger partial charge in [-0.1, -0.05) is 28.1 Å². The zero-order chi connectivity index (χ0) is 13.3. The van der Waals surface area contributed by atoms with Crippen LogP contribution in [0.2, 0.25) is 0 Å². The third-order valence-corrected chi connectivity index (χ3v) is 3.54. The van der Waals surface area contributed by atoms with Crippen molar-refractivity contribution in [1.29, 1.82) is 0 Å². The summed E-state index contributed by atoms with van der Waals surface area (Å²) in [4.78, 5) is 12.2. The maximum Gasteiger partial charge on any atom is 0.274 e. The van der Waals surface area contributed by atoms with E-state index < -0.39 is 0 Å². The first-order valence-electron chi connectivity index (χ1n) is 5.68. The fourth-order valence-electron chi connectivity index (χ4n) is 1.85. The number of hydrogen-bond donors (Lipinski definition) is 0. The molecule has 0 aliphatic rings. The summed E-state index contributed by atoms with van der Waals surface area (Å²) in [6.45, 7) is 4.18. The summed E-state index contributed by atoms with van der Waals surface area (Å²) in [7, 11) is 1.88. The number of Topliss-reactive ketones (excluding diaryl/α,β-unsaturated/α-hetero) is 1. The van der Waals surface area contributed by atoms with E-state index in [0.717, 1.165) is 16.1 Å². The Balaban J connectivity index is 2.24. The lowest BCUT2D eigenvalue weighted by Gasteiger charge is -2.01. The molecule has 1 aromatic carbocycles. The van der Waals surface area contributed by atoms with Crippen molar-refractivity contribution < 1.29 is 9.36 Å². The summed E-state index contributed by atoms with van der Waals surface area (Å²) < 4.78 is 4.68. The van der Waals surface area contributed by atoms with Crippen molar-refractivity contribution in [2.75, 3.05) is 0 Å². The summed E-state index contributed by atoms with van der Waals surface area (Å²) >= 11 is 3.36. The van der Waals surface area contributed by atoms with Crippen LogP contribution in [0.1, 0.15) is 22.0 Å². The van der Waals surface area contributed by atoms with Crippen LogP contribution in [-0.4, -0.2) is 15.6 Å². The van der Waals surface area contributed by atoms with Crippen molar-refractivity contribution >= 4 is 21.7 Å². The van der Waals surface area contributed by atoms with Crippen LogP contribution < -0.4 is 4.57 Å². The molecule has 5 heteroatoms. The highest BCUT2D eigenvalue weighted by Gasteiger charge is 2.19. The van der Waals surface area contributed by atoms with E-state index in [2.05, 4.69) is 21.0 Å². The molecule has 0 spiro atoms. The summed E-state index contributed by atoms with van der Waals surface area (Å²) in [5.41, 5.74) is 0.716. The van der Waals surface area contributed by atoms with Gasteiger partial charge in [-0.2, -0.15) is 0 Å². The number of halogens is 1. The van der Waals surface area contributed by atoms with Crippen LogP contribution in [0.5, 0.6) is 0 Å². The first-order valence-corrected chi connectivity index (χ1v) is 6.47. The fourth-order valence-corrected chi connectivity index (χ4v) is 2.12. The van der Waals surface area contributed by atoms with Crippen molar-refractivity contribution in [3.8, 4) is 0 Å². The maximum absolute atomic E-state index is 12.2. The first kappa shape index (κ1) is 13.0. The quantitative estimate of drug-likeness (QED) is 0.642. The number of rotatable bonds is 3. The van der Waals surface area contributed by atoms with Crippen molar-refractivity contribution in [2.24, 2.45) is 7.05 Å². The van der Waals surface area contributed by atoms with E-state index in [4.69, 9.17) is 0 Å². The van der Waals surface area contributed by atoms with Crippen molar-refractivity contribution in [3.05, 3.63) is 46.0 Å². The van der Waals surface area contributed by atoms with Gasteiger partial charge in [0.1, 0.15) is 6.54 Å². The molecule has 0 bridgehead atoms. The van der Waals surface area contributed by atoms with Gasteiger partial charge < -0.3 is 0 Å². The van der Waals surface area contributed by atoms with Crippen LogP contribution in [0, 0.1) is 13.8 Å². The lowest BCUT2D eigenvalue weighted by Crippen LogP contribution is -2.42. The zero-order valence-corrected chi connectivity index (χ0v) is 12.2. The Morgan fingerprint density at radius 2 is 1.94 bits per heavy atom. The minimum atomic E-state index is 0.0895. The molecule has 2 rings (SSSR count). The third-order valence-electron chi connectivity index (χ3n) is 3.01. The normalized spacial score (nSPS) is 10.7. The second-order valence-electron chi connectivity index (χ2n) is 4.23. The van der Waals surface area contributed by atoms with E-state index in [-0.39, 0.29) is 5.78 Å². The largest absolute Gasteiger partial charge is 0.291 e. The number of hydrogen-bond acceptors (Lipinski definition) is 2. The van der Waals surface area contributed by atoms with Crippen LogP contribution in [0.15, 0.2) is 28.7 Å². The average Bonchev–Trinajstić information content (AvgIpc) is 2.57. The lowest BCUT2D eigenvalue weighted by atomic mass is 10.1. The molecule has 0 saturated carbocycles. The van der Waals surface area contributed by atoms with Gasteiger partial charge in [0, 0.05) is 29.0 Å². The molecule has 4 nitrogen and oxygen atoms in total. The summed E-state index contributed by atoms with van der Waals surface area (Å²) in [5.74, 6) is 1.91. The number of nitrogens with zero attached hydrogens (tertiary/aromatic N) is 3. The second-order valence-corrected chi connectivity index (χ2v) is 5.15. The topological polar surface area (TPSA) is 38.8 Å². The maximum atomic E-state index is 12.2. The molecule has 2 aromatic rings. The SMILES string of the molecule is Cc1nn(C)c(C)[n+]1CC(=O)c1ccc(Br)cc1. The molecule has 0 radical (unpaired) electrons. The van der Waals surface area contributed by atoms with E-state index in [1.54, 1.807) is 4.68 Å². The summed E-state index contributed by atoms with van der Waals surface area (Å²) in [6, 6.07) is 7.41. The summed E-state index contributed by atoms with van der Waals surface area (Å²) in [6.07, 6.45) is 0. The van der Waals surface area contributed by atoms with Gasteiger partial charge >= 0.3 is 0 Å². The Morgan fingerprint density at radius 1 is 1.33 bits per heavy atom. The highest BCUT2D eigenvalue weighted by molar-refractivity contribution is 9.10. The molecule has 0 N–H and O–H groups in total. The molecule has 1 heterocycles. The third kappa shape index (κ3) is 2.51. The monoisotopic (exact) mass is 308 g/mol. The summed E-state index contributed by atoms with van der Waals surface area (Å²) in [5, 5.41) is 4.29. The molecule has 1 aromatic heterocycles. The van der Waals surface area contributed by atoms with Gasteiger partial charge in [-0.3, -0.25) is 4.79 Å². The van der Waals surface area contributed by atoms with Crippen LogP contribution in [0.25, 0.3) is 0 Å². The van der Waals surface area contributed by atoms with Gasteiger partial charge in [0.05, 0.1) is 7.05 Å². The number of carbonyl (C=O) groups is 1. The van der Waals surface area contributed by atoms with E-state index in [9.17, 15) is 4.79 Å². The van der Waals surface area contributed by atoms with Gasteiger partial charge in [0.25, 0.3) is 5.82 Å². The van der Waals surface area contributed by atoms with E-state index in [1.165, 1.54) is 0 Å². The Kier molecular flexibility index (Phi) is 3.61. The Labute approximate surface area is 114 Å². The molecule has 0 atom stereocenters. The van der Waals surface area contributed by atoms with Gasteiger partial charge in [0.15, 0.2) is 5.78 Å². The standard InChI is InChI=1S/C13H15BrN3O/c1-9-15-16(3)10(2)17(9)8-13(18)11-4-6-12(14)7-5-11/h4-7H,8H2,1-3H3/q+1. The van der Waals surface area contributed by atoms with Gasteiger partial charge in [0.2, 0.25) is 5.82 Å². The average molecular weight is 309 g/mol. The molecule has 94 valence electrons.